The summed E-state index contributed by atoms with van der Waals surface area (Å²) in [6.07, 6.45) is 16.4. The fourth-order valence-electron chi connectivity index (χ4n) is 3.41. The molecule has 0 aromatic heterocycles. The van der Waals surface area contributed by atoms with E-state index >= 15 is 0 Å². The van der Waals surface area contributed by atoms with Crippen molar-refractivity contribution in [1.82, 2.24) is 4.90 Å². The molecule has 0 aromatic carbocycles. The van der Waals surface area contributed by atoms with Crippen LogP contribution in [-0.2, 0) is 14.3 Å². The quantitative estimate of drug-likeness (QED) is 0.297. The van der Waals surface area contributed by atoms with Gasteiger partial charge in [-0.25, -0.2) is 0 Å². The highest BCUT2D eigenvalue weighted by molar-refractivity contribution is 5.52. The number of allylic oxidation sites excluding steroid dienone is 4. The SMILES string of the molecule is CCCCCCOCC(CC)N(CC=O)CC(C)C1=C/C=C(\C)OCC\C=C\1. The zero-order chi connectivity index (χ0) is 20.6. The second-order valence-electron chi connectivity index (χ2n) is 7.70. The average Bonchev–Trinajstić information content (AvgIpc) is 2.79. The van der Waals surface area contributed by atoms with Gasteiger partial charge in [-0.05, 0) is 43.8 Å². The van der Waals surface area contributed by atoms with Gasteiger partial charge in [-0.2, -0.15) is 0 Å². The van der Waals surface area contributed by atoms with Crippen LogP contribution in [0.4, 0.5) is 0 Å². The summed E-state index contributed by atoms with van der Waals surface area (Å²) in [6.45, 7) is 12.2. The predicted octanol–water partition coefficient (Wildman–Crippen LogP) is 5.31. The van der Waals surface area contributed by atoms with Crippen LogP contribution in [0.5, 0.6) is 0 Å². The molecule has 0 spiro atoms. The summed E-state index contributed by atoms with van der Waals surface area (Å²) in [5.74, 6) is 1.28. The van der Waals surface area contributed by atoms with Crippen molar-refractivity contribution in [1.29, 1.82) is 0 Å². The predicted molar refractivity (Wildman–Crippen MR) is 117 cm³/mol. The van der Waals surface area contributed by atoms with Crippen molar-refractivity contribution >= 4 is 6.29 Å². The Morgan fingerprint density at radius 3 is 2.79 bits per heavy atom. The maximum Gasteiger partial charge on any atom is 0.133 e. The van der Waals surface area contributed by atoms with Gasteiger partial charge in [-0.1, -0.05) is 58.3 Å². The average molecular weight is 392 g/mol. The van der Waals surface area contributed by atoms with E-state index in [1.165, 1.54) is 24.8 Å². The van der Waals surface area contributed by atoms with Gasteiger partial charge in [0, 0.05) is 19.2 Å². The molecular weight excluding hydrogens is 350 g/mol. The molecule has 0 saturated carbocycles. The molecule has 1 rings (SSSR count). The third-order valence-corrected chi connectivity index (χ3v) is 5.26. The molecule has 0 bridgehead atoms. The molecule has 160 valence electrons. The van der Waals surface area contributed by atoms with Crippen LogP contribution in [0.2, 0.25) is 0 Å². The fraction of sp³-hybridized carbons (Fsp3) is 0.708. The minimum atomic E-state index is 0.278. The fourth-order valence-corrected chi connectivity index (χ4v) is 3.41. The topological polar surface area (TPSA) is 38.8 Å². The highest BCUT2D eigenvalue weighted by Crippen LogP contribution is 2.19. The molecule has 1 aliphatic rings. The summed E-state index contributed by atoms with van der Waals surface area (Å²) in [4.78, 5) is 13.6. The summed E-state index contributed by atoms with van der Waals surface area (Å²) in [5, 5.41) is 0. The molecule has 1 aliphatic heterocycles. The lowest BCUT2D eigenvalue weighted by molar-refractivity contribution is -0.109. The van der Waals surface area contributed by atoms with E-state index in [1.54, 1.807) is 0 Å². The number of aldehydes is 1. The van der Waals surface area contributed by atoms with E-state index in [-0.39, 0.29) is 6.04 Å². The summed E-state index contributed by atoms with van der Waals surface area (Å²) >= 11 is 0. The van der Waals surface area contributed by atoms with Crippen LogP contribution in [0.1, 0.15) is 66.2 Å². The summed E-state index contributed by atoms with van der Waals surface area (Å²) in [7, 11) is 0. The van der Waals surface area contributed by atoms with Gasteiger partial charge in [-0.3, -0.25) is 4.90 Å². The Morgan fingerprint density at radius 2 is 2.07 bits per heavy atom. The zero-order valence-corrected chi connectivity index (χ0v) is 18.5. The Hall–Kier alpha value is -1.39. The second kappa shape index (κ2) is 15.5. The van der Waals surface area contributed by atoms with Gasteiger partial charge in [0.2, 0.25) is 0 Å². The Labute approximate surface area is 172 Å². The van der Waals surface area contributed by atoms with Gasteiger partial charge in [0.15, 0.2) is 0 Å². The summed E-state index contributed by atoms with van der Waals surface area (Å²) < 4.78 is 11.6. The van der Waals surface area contributed by atoms with Crippen LogP contribution in [-0.4, -0.2) is 50.1 Å². The number of nitrogens with zero attached hydrogens (tertiary/aromatic N) is 1. The molecule has 1 heterocycles. The third kappa shape index (κ3) is 10.2. The number of hydrogen-bond acceptors (Lipinski definition) is 4. The molecule has 4 nitrogen and oxygen atoms in total. The lowest BCUT2D eigenvalue weighted by Gasteiger charge is -2.32. The van der Waals surface area contributed by atoms with Crippen LogP contribution < -0.4 is 0 Å². The van der Waals surface area contributed by atoms with Crippen molar-refractivity contribution < 1.29 is 14.3 Å². The Bertz CT molecular complexity index is 510. The highest BCUT2D eigenvalue weighted by atomic mass is 16.5. The normalized spacial score (nSPS) is 21.9. The number of unbranched alkanes of at least 4 members (excludes halogenated alkanes) is 3. The monoisotopic (exact) mass is 391 g/mol. The minimum absolute atomic E-state index is 0.278. The number of rotatable bonds is 14. The van der Waals surface area contributed by atoms with Crippen molar-refractivity contribution in [3.05, 3.63) is 35.6 Å². The first kappa shape index (κ1) is 24.6. The van der Waals surface area contributed by atoms with Crippen LogP contribution in [0, 0.1) is 5.92 Å². The summed E-state index contributed by atoms with van der Waals surface area (Å²) in [6, 6.07) is 0.278. The largest absolute Gasteiger partial charge is 0.498 e. The van der Waals surface area contributed by atoms with Crippen molar-refractivity contribution in [2.45, 2.75) is 72.3 Å². The first-order valence-corrected chi connectivity index (χ1v) is 11.1. The molecule has 0 N–H and O–H groups in total. The van der Waals surface area contributed by atoms with Crippen LogP contribution >= 0.6 is 0 Å². The van der Waals surface area contributed by atoms with E-state index in [9.17, 15) is 4.79 Å². The minimum Gasteiger partial charge on any atom is -0.498 e. The zero-order valence-electron chi connectivity index (χ0n) is 18.5. The molecule has 0 radical (unpaired) electrons. The second-order valence-corrected chi connectivity index (χ2v) is 7.70. The molecule has 0 aromatic rings. The van der Waals surface area contributed by atoms with Gasteiger partial charge in [0.05, 0.1) is 25.5 Å². The van der Waals surface area contributed by atoms with Crippen LogP contribution in [0.15, 0.2) is 35.6 Å². The molecule has 2 atom stereocenters. The van der Waals surface area contributed by atoms with E-state index in [2.05, 4.69) is 43.9 Å². The van der Waals surface area contributed by atoms with E-state index < -0.39 is 0 Å². The Balaban J connectivity index is 2.66. The smallest absolute Gasteiger partial charge is 0.133 e. The molecule has 0 aliphatic carbocycles. The Kier molecular flexibility index (Phi) is 13.7. The lowest BCUT2D eigenvalue weighted by Crippen LogP contribution is -2.42. The van der Waals surface area contributed by atoms with E-state index in [4.69, 9.17) is 9.47 Å². The number of carbonyl (C=O) groups is 1. The van der Waals surface area contributed by atoms with Crippen molar-refractivity contribution in [3.8, 4) is 0 Å². The van der Waals surface area contributed by atoms with E-state index in [0.29, 0.717) is 19.1 Å². The maximum absolute atomic E-state index is 11.3. The Morgan fingerprint density at radius 1 is 1.25 bits per heavy atom. The number of carbonyl (C=O) groups excluding carboxylic acids is 1. The first-order chi connectivity index (χ1) is 13.6. The first-order valence-electron chi connectivity index (χ1n) is 11.1. The molecule has 2 unspecified atom stereocenters. The standard InChI is InChI=1S/C24H41NO3/c1-5-7-8-10-17-27-20-24(6-2)25(15-16-26)19-21(3)23-12-9-11-18-28-22(4)13-14-23/h9,12-14,16,21,24H,5-8,10-11,15,17-20H2,1-4H3/b12-9+,22-13+,23-14+. The molecule has 0 saturated heterocycles. The lowest BCUT2D eigenvalue weighted by atomic mass is 9.98. The van der Waals surface area contributed by atoms with Crippen LogP contribution in [0.25, 0.3) is 0 Å². The maximum atomic E-state index is 11.3. The number of ether oxygens (including phenoxy) is 2. The molecule has 0 fully saturated rings. The van der Waals surface area contributed by atoms with Crippen molar-refractivity contribution in [2.24, 2.45) is 5.92 Å². The van der Waals surface area contributed by atoms with E-state index in [0.717, 1.165) is 51.1 Å². The van der Waals surface area contributed by atoms with Gasteiger partial charge in [-0.15, -0.1) is 0 Å². The van der Waals surface area contributed by atoms with Crippen LogP contribution in [0.3, 0.4) is 0 Å². The molecular formula is C24H41NO3. The molecule has 28 heavy (non-hydrogen) atoms. The molecule has 0 amide bonds. The van der Waals surface area contributed by atoms with Gasteiger partial charge in [0.1, 0.15) is 6.29 Å². The number of hydrogen-bond donors (Lipinski definition) is 0. The molecule has 4 heteroatoms. The summed E-state index contributed by atoms with van der Waals surface area (Å²) in [5.41, 5.74) is 1.27. The van der Waals surface area contributed by atoms with E-state index in [1.807, 2.05) is 13.0 Å². The third-order valence-electron chi connectivity index (χ3n) is 5.26. The highest BCUT2D eigenvalue weighted by Gasteiger charge is 2.20. The van der Waals surface area contributed by atoms with Gasteiger partial charge < -0.3 is 14.3 Å². The van der Waals surface area contributed by atoms with Crippen molar-refractivity contribution in [3.63, 3.8) is 0 Å². The van der Waals surface area contributed by atoms with Gasteiger partial charge >= 0.3 is 0 Å². The van der Waals surface area contributed by atoms with Gasteiger partial charge in [0.25, 0.3) is 0 Å². The van der Waals surface area contributed by atoms with Crippen molar-refractivity contribution in [2.75, 3.05) is 32.9 Å².